The molecule has 0 saturated carbocycles. The van der Waals surface area contributed by atoms with Gasteiger partial charge in [0.15, 0.2) is 0 Å². The van der Waals surface area contributed by atoms with Gasteiger partial charge >= 0.3 is 0 Å². The molecule has 1 heterocycles. The fourth-order valence-electron chi connectivity index (χ4n) is 0.992. The van der Waals surface area contributed by atoms with Crippen LogP contribution in [0.5, 0.6) is 0 Å². The first-order chi connectivity index (χ1) is 4.97. The van der Waals surface area contributed by atoms with Gasteiger partial charge in [-0.05, 0) is 16.9 Å². The maximum absolute atomic E-state index is 5.21. The largest absolute Gasteiger partial charge is 0.322 e. The van der Waals surface area contributed by atoms with E-state index >= 15 is 0 Å². The fourth-order valence-corrected chi connectivity index (χ4v) is 1.65. The average Bonchev–Trinajstić information content (AvgIpc) is 2.05. The lowest BCUT2D eigenvalue weighted by atomic mass is 10.1. The normalized spacial score (nSPS) is 16.4. The highest BCUT2D eigenvalue weighted by Gasteiger charge is 2.01. The van der Waals surface area contributed by atoms with E-state index in [0.717, 1.165) is 15.0 Å². The van der Waals surface area contributed by atoms with Crippen LogP contribution in [0.2, 0.25) is 0 Å². The molecule has 0 fully saturated rings. The Kier molecular flexibility index (Phi) is 1.54. The third-order valence-electron chi connectivity index (χ3n) is 1.54. The molecule has 1 aliphatic heterocycles. The van der Waals surface area contributed by atoms with Crippen molar-refractivity contribution in [3.05, 3.63) is 35.4 Å². The Morgan fingerprint density at radius 1 is 1.30 bits per heavy atom. The molecule has 0 N–H and O–H groups in total. The SMILES string of the molecule is C1=POCc2ccccc21. The van der Waals surface area contributed by atoms with Crippen molar-refractivity contribution in [2.24, 2.45) is 0 Å². The monoisotopic (exact) mass is 150 g/mol. The fraction of sp³-hybridized carbons (Fsp3) is 0.125. The molecule has 1 aliphatic rings. The van der Waals surface area contributed by atoms with Crippen molar-refractivity contribution in [3.8, 4) is 0 Å². The molecule has 10 heavy (non-hydrogen) atoms. The van der Waals surface area contributed by atoms with Crippen LogP contribution in [0, 0.1) is 0 Å². The molecular formula is C8H7OP. The Morgan fingerprint density at radius 2 is 2.20 bits per heavy atom. The van der Waals surface area contributed by atoms with Gasteiger partial charge in [0.05, 0.1) is 15.0 Å². The predicted molar refractivity (Wildman–Crippen MR) is 43.3 cm³/mol. The zero-order valence-corrected chi connectivity index (χ0v) is 6.34. The smallest absolute Gasteiger partial charge is 0.0831 e. The minimum absolute atomic E-state index is 0.758. The van der Waals surface area contributed by atoms with Crippen molar-refractivity contribution in [1.29, 1.82) is 0 Å². The molecule has 1 nitrogen and oxygen atoms in total. The summed E-state index contributed by atoms with van der Waals surface area (Å²) in [5.74, 6) is 2.08. The molecule has 0 bridgehead atoms. The van der Waals surface area contributed by atoms with Crippen molar-refractivity contribution >= 4 is 14.2 Å². The Bertz CT molecular complexity index is 268. The van der Waals surface area contributed by atoms with Crippen LogP contribution < -0.4 is 0 Å². The van der Waals surface area contributed by atoms with Crippen LogP contribution in [0.15, 0.2) is 24.3 Å². The van der Waals surface area contributed by atoms with Crippen molar-refractivity contribution in [2.75, 3.05) is 0 Å². The summed E-state index contributed by atoms with van der Waals surface area (Å²) < 4.78 is 5.21. The quantitative estimate of drug-likeness (QED) is 0.515. The van der Waals surface area contributed by atoms with Gasteiger partial charge in [-0.25, -0.2) is 0 Å². The molecule has 0 atom stereocenters. The van der Waals surface area contributed by atoms with Crippen molar-refractivity contribution < 1.29 is 4.52 Å². The lowest BCUT2D eigenvalue weighted by Gasteiger charge is -2.07. The van der Waals surface area contributed by atoms with Gasteiger partial charge in [0.1, 0.15) is 0 Å². The van der Waals surface area contributed by atoms with Crippen LogP contribution in [0.3, 0.4) is 0 Å². The highest BCUT2D eigenvalue weighted by atomic mass is 31.1. The van der Waals surface area contributed by atoms with E-state index in [1.807, 2.05) is 6.07 Å². The average molecular weight is 150 g/mol. The summed E-state index contributed by atoms with van der Waals surface area (Å²) in [6.07, 6.45) is 0. The molecule has 1 aromatic rings. The molecule has 1 aromatic carbocycles. The Labute approximate surface area is 61.5 Å². The number of hydrogen-bond acceptors (Lipinski definition) is 1. The van der Waals surface area contributed by atoms with E-state index in [4.69, 9.17) is 4.52 Å². The topological polar surface area (TPSA) is 9.23 Å². The van der Waals surface area contributed by atoms with Gasteiger partial charge in [-0.1, -0.05) is 24.3 Å². The molecule has 50 valence electrons. The second-order valence-corrected chi connectivity index (χ2v) is 2.93. The molecule has 0 aliphatic carbocycles. The van der Waals surface area contributed by atoms with E-state index in [0.29, 0.717) is 0 Å². The summed E-state index contributed by atoms with van der Waals surface area (Å²) in [7, 11) is 0.978. The molecule has 0 saturated heterocycles. The third kappa shape index (κ3) is 0.985. The van der Waals surface area contributed by atoms with Crippen LogP contribution in [0.1, 0.15) is 11.1 Å². The number of rotatable bonds is 0. The lowest BCUT2D eigenvalue weighted by Crippen LogP contribution is -1.95. The molecule has 0 aromatic heterocycles. The number of fused-ring (bicyclic) bond motifs is 1. The summed E-state index contributed by atoms with van der Waals surface area (Å²) in [6, 6.07) is 8.31. The predicted octanol–water partition coefficient (Wildman–Crippen LogP) is 2.23. The van der Waals surface area contributed by atoms with E-state index in [1.54, 1.807) is 0 Å². The van der Waals surface area contributed by atoms with E-state index in [1.165, 1.54) is 11.1 Å². The lowest BCUT2D eigenvalue weighted by molar-refractivity contribution is 0.357. The first-order valence-corrected chi connectivity index (χ1v) is 4.08. The van der Waals surface area contributed by atoms with Gasteiger partial charge in [0.25, 0.3) is 0 Å². The van der Waals surface area contributed by atoms with Crippen LogP contribution in [-0.4, -0.2) is 5.80 Å². The summed E-state index contributed by atoms with van der Waals surface area (Å²) in [4.78, 5) is 0. The Balaban J connectivity index is 2.54. The standard InChI is InChI=1S/C8H7OP/c1-2-4-8-6-10-9-5-7(8)3-1/h1-4,6H,5H2. The molecular weight excluding hydrogens is 143 g/mol. The van der Waals surface area contributed by atoms with E-state index < -0.39 is 0 Å². The third-order valence-corrected chi connectivity index (χ3v) is 2.20. The second kappa shape index (κ2) is 2.53. The maximum Gasteiger partial charge on any atom is 0.0831 e. The first kappa shape index (κ1) is 6.09. The van der Waals surface area contributed by atoms with E-state index in [9.17, 15) is 0 Å². The molecule has 0 spiro atoms. The van der Waals surface area contributed by atoms with Crippen molar-refractivity contribution in [3.63, 3.8) is 0 Å². The zero-order chi connectivity index (χ0) is 6.81. The minimum atomic E-state index is 0.758. The number of benzene rings is 1. The summed E-state index contributed by atoms with van der Waals surface area (Å²) in [5.41, 5.74) is 2.61. The minimum Gasteiger partial charge on any atom is -0.322 e. The first-order valence-electron chi connectivity index (χ1n) is 3.20. The number of hydrogen-bond donors (Lipinski definition) is 0. The Hall–Kier alpha value is -0.650. The zero-order valence-electron chi connectivity index (χ0n) is 5.45. The van der Waals surface area contributed by atoms with Crippen molar-refractivity contribution in [1.82, 2.24) is 0 Å². The van der Waals surface area contributed by atoms with Gasteiger partial charge in [-0.2, -0.15) is 0 Å². The summed E-state index contributed by atoms with van der Waals surface area (Å²) >= 11 is 0. The van der Waals surface area contributed by atoms with Crippen LogP contribution >= 0.6 is 8.43 Å². The molecule has 2 rings (SSSR count). The van der Waals surface area contributed by atoms with Crippen LogP contribution in [0.25, 0.3) is 0 Å². The van der Waals surface area contributed by atoms with Crippen LogP contribution in [0.4, 0.5) is 0 Å². The van der Waals surface area contributed by atoms with Crippen molar-refractivity contribution in [2.45, 2.75) is 6.61 Å². The molecule has 0 amide bonds. The maximum atomic E-state index is 5.21. The van der Waals surface area contributed by atoms with Gasteiger partial charge in [0, 0.05) is 0 Å². The van der Waals surface area contributed by atoms with Gasteiger partial charge in [0.2, 0.25) is 0 Å². The molecule has 0 unspecified atom stereocenters. The highest BCUT2D eigenvalue weighted by Crippen LogP contribution is 2.17. The molecule has 0 radical (unpaired) electrons. The summed E-state index contributed by atoms with van der Waals surface area (Å²) in [6.45, 7) is 0.758. The van der Waals surface area contributed by atoms with Crippen LogP contribution in [-0.2, 0) is 11.1 Å². The van der Waals surface area contributed by atoms with Gasteiger partial charge in [-0.3, -0.25) is 0 Å². The highest BCUT2D eigenvalue weighted by molar-refractivity contribution is 7.33. The molecule has 2 heteroatoms. The second-order valence-electron chi connectivity index (χ2n) is 2.21. The summed E-state index contributed by atoms with van der Waals surface area (Å²) in [5, 5.41) is 0. The van der Waals surface area contributed by atoms with Gasteiger partial charge < -0.3 is 4.52 Å². The Morgan fingerprint density at radius 3 is 3.10 bits per heavy atom. The van der Waals surface area contributed by atoms with Gasteiger partial charge in [-0.15, -0.1) is 0 Å². The van der Waals surface area contributed by atoms with E-state index in [2.05, 4.69) is 24.0 Å². The van der Waals surface area contributed by atoms with E-state index in [-0.39, 0.29) is 0 Å².